The molecule has 1 atom stereocenters. The van der Waals surface area contributed by atoms with Gasteiger partial charge in [0, 0.05) is 11.5 Å². The number of ether oxygens (including phenoxy) is 2. The molecule has 0 N–H and O–H groups in total. The van der Waals surface area contributed by atoms with E-state index in [0.717, 1.165) is 12.4 Å². The molecule has 0 radical (unpaired) electrons. The van der Waals surface area contributed by atoms with Gasteiger partial charge in [-0.25, -0.2) is 0 Å². The minimum atomic E-state index is 0.343. The van der Waals surface area contributed by atoms with Crippen LogP contribution in [-0.2, 0) is 4.74 Å². The van der Waals surface area contributed by atoms with Crippen LogP contribution < -0.4 is 4.74 Å². The number of epoxide rings is 1. The highest BCUT2D eigenvalue weighted by molar-refractivity contribution is 8.06. The maximum absolute atomic E-state index is 5.40. The van der Waals surface area contributed by atoms with Gasteiger partial charge in [-0.3, -0.25) is 0 Å². The predicted molar refractivity (Wildman–Crippen MR) is 59.0 cm³/mol. The molecule has 14 heavy (non-hydrogen) atoms. The standard InChI is InChI=1S/C9H10O2.C2H4S/c1-2-4-8(5-3-1)10-6-9-7-11-9;1-2-3-1/h1-5,9H,6-7H2;1-2H2. The van der Waals surface area contributed by atoms with Crippen molar-refractivity contribution in [2.45, 2.75) is 6.10 Å². The monoisotopic (exact) mass is 210 g/mol. The van der Waals surface area contributed by atoms with Crippen molar-refractivity contribution in [3.05, 3.63) is 30.3 Å². The molecule has 2 heterocycles. The Morgan fingerprint density at radius 3 is 2.43 bits per heavy atom. The molecule has 0 aliphatic carbocycles. The highest BCUT2D eigenvalue weighted by Crippen LogP contribution is 2.14. The molecule has 1 aromatic rings. The van der Waals surface area contributed by atoms with Crippen LogP contribution in [0.25, 0.3) is 0 Å². The van der Waals surface area contributed by atoms with E-state index in [0.29, 0.717) is 12.7 Å². The summed E-state index contributed by atoms with van der Waals surface area (Å²) in [5.41, 5.74) is 0. The van der Waals surface area contributed by atoms with Gasteiger partial charge in [-0.2, -0.15) is 11.8 Å². The van der Waals surface area contributed by atoms with Gasteiger partial charge < -0.3 is 9.47 Å². The highest BCUT2D eigenvalue weighted by atomic mass is 32.2. The van der Waals surface area contributed by atoms with Gasteiger partial charge in [-0.15, -0.1) is 0 Å². The Labute approximate surface area is 88.6 Å². The average molecular weight is 210 g/mol. The van der Waals surface area contributed by atoms with Crippen molar-refractivity contribution in [2.75, 3.05) is 24.7 Å². The minimum absolute atomic E-state index is 0.343. The summed E-state index contributed by atoms with van der Waals surface area (Å²) in [5.74, 6) is 3.75. The van der Waals surface area contributed by atoms with Crippen LogP contribution >= 0.6 is 11.8 Å². The molecule has 3 heteroatoms. The predicted octanol–water partition coefficient (Wildman–Crippen LogP) is 2.20. The van der Waals surface area contributed by atoms with Crippen molar-refractivity contribution in [3.63, 3.8) is 0 Å². The van der Waals surface area contributed by atoms with Crippen molar-refractivity contribution in [3.8, 4) is 5.75 Å². The van der Waals surface area contributed by atoms with Crippen molar-refractivity contribution < 1.29 is 9.47 Å². The van der Waals surface area contributed by atoms with Crippen LogP contribution in [0.2, 0.25) is 0 Å². The third-order valence-electron chi connectivity index (χ3n) is 1.79. The van der Waals surface area contributed by atoms with Gasteiger partial charge in [-0.05, 0) is 12.1 Å². The Morgan fingerprint density at radius 1 is 1.29 bits per heavy atom. The number of hydrogen-bond donors (Lipinski definition) is 0. The third-order valence-corrected chi connectivity index (χ3v) is 2.19. The first kappa shape index (κ1) is 9.87. The van der Waals surface area contributed by atoms with Crippen LogP contribution in [0.15, 0.2) is 30.3 Å². The fraction of sp³-hybridized carbons (Fsp3) is 0.455. The molecule has 2 aliphatic rings. The number of benzene rings is 1. The number of hydrogen-bond acceptors (Lipinski definition) is 3. The van der Waals surface area contributed by atoms with Crippen LogP contribution in [0, 0.1) is 0 Å². The zero-order valence-electron chi connectivity index (χ0n) is 8.02. The molecule has 0 saturated carbocycles. The first-order valence-electron chi connectivity index (χ1n) is 4.82. The smallest absolute Gasteiger partial charge is 0.119 e. The van der Waals surface area contributed by atoms with E-state index in [2.05, 4.69) is 0 Å². The molecule has 76 valence electrons. The van der Waals surface area contributed by atoms with E-state index < -0.39 is 0 Å². The molecule has 3 rings (SSSR count). The molecule has 0 bridgehead atoms. The topological polar surface area (TPSA) is 21.8 Å². The maximum atomic E-state index is 5.40. The molecule has 1 unspecified atom stereocenters. The molecule has 0 amide bonds. The van der Waals surface area contributed by atoms with Gasteiger partial charge in [0.25, 0.3) is 0 Å². The summed E-state index contributed by atoms with van der Waals surface area (Å²) in [7, 11) is 0. The van der Waals surface area contributed by atoms with Crippen molar-refractivity contribution >= 4 is 11.8 Å². The Hall–Kier alpha value is -0.670. The van der Waals surface area contributed by atoms with E-state index in [9.17, 15) is 0 Å². The van der Waals surface area contributed by atoms with E-state index in [1.54, 1.807) is 0 Å². The summed E-state index contributed by atoms with van der Waals surface area (Å²) in [6.45, 7) is 1.54. The van der Waals surface area contributed by atoms with Gasteiger partial charge in [-0.1, -0.05) is 18.2 Å². The van der Waals surface area contributed by atoms with Crippen LogP contribution in [0.4, 0.5) is 0 Å². The summed E-state index contributed by atoms with van der Waals surface area (Å²) < 4.78 is 10.4. The zero-order valence-corrected chi connectivity index (χ0v) is 8.83. The van der Waals surface area contributed by atoms with Gasteiger partial charge in [0.1, 0.15) is 18.5 Å². The number of thioether (sulfide) groups is 1. The molecule has 2 fully saturated rings. The van der Waals surface area contributed by atoms with Crippen LogP contribution in [0.1, 0.15) is 0 Å². The first-order valence-corrected chi connectivity index (χ1v) is 5.98. The molecule has 0 aromatic heterocycles. The van der Waals surface area contributed by atoms with Crippen molar-refractivity contribution in [1.82, 2.24) is 0 Å². The highest BCUT2D eigenvalue weighted by Gasteiger charge is 2.22. The fourth-order valence-electron chi connectivity index (χ4n) is 0.870. The second kappa shape index (κ2) is 5.27. The third kappa shape index (κ3) is 4.53. The lowest BCUT2D eigenvalue weighted by Gasteiger charge is -2.01. The molecule has 0 spiro atoms. The molecule has 2 saturated heterocycles. The number of rotatable bonds is 3. The van der Waals surface area contributed by atoms with Crippen LogP contribution in [-0.4, -0.2) is 30.8 Å². The van der Waals surface area contributed by atoms with Crippen LogP contribution in [0.3, 0.4) is 0 Å². The number of para-hydroxylation sites is 1. The quantitative estimate of drug-likeness (QED) is 0.714. The van der Waals surface area contributed by atoms with E-state index in [1.165, 1.54) is 11.5 Å². The summed E-state index contributed by atoms with van der Waals surface area (Å²) in [6.07, 6.45) is 0.343. The largest absolute Gasteiger partial charge is 0.491 e. The molecule has 2 nitrogen and oxygen atoms in total. The van der Waals surface area contributed by atoms with Gasteiger partial charge in [0.15, 0.2) is 0 Å². The summed E-state index contributed by atoms with van der Waals surface area (Å²) >= 11 is 2.00. The lowest BCUT2D eigenvalue weighted by Crippen LogP contribution is -2.03. The Bertz CT molecular complexity index is 254. The summed E-state index contributed by atoms with van der Waals surface area (Å²) in [4.78, 5) is 0. The lowest BCUT2D eigenvalue weighted by atomic mass is 10.3. The molecular weight excluding hydrogens is 196 g/mol. The second-order valence-electron chi connectivity index (χ2n) is 3.19. The second-order valence-corrected chi connectivity index (χ2v) is 4.42. The maximum Gasteiger partial charge on any atom is 0.119 e. The summed E-state index contributed by atoms with van der Waals surface area (Å²) in [5, 5.41) is 0. The molecular formula is C11H14O2S. The van der Waals surface area contributed by atoms with Crippen molar-refractivity contribution in [2.24, 2.45) is 0 Å². The van der Waals surface area contributed by atoms with Crippen molar-refractivity contribution in [1.29, 1.82) is 0 Å². The SMILES string of the molecule is C1CS1.c1ccc(OCC2CO2)cc1. The summed E-state index contributed by atoms with van der Waals surface area (Å²) in [6, 6.07) is 9.79. The van der Waals surface area contributed by atoms with E-state index >= 15 is 0 Å². The van der Waals surface area contributed by atoms with Gasteiger partial charge in [0.2, 0.25) is 0 Å². The fourth-order valence-corrected chi connectivity index (χ4v) is 0.870. The zero-order chi connectivity index (χ0) is 9.64. The van der Waals surface area contributed by atoms with E-state index in [1.807, 2.05) is 42.1 Å². The Kier molecular flexibility index (Phi) is 3.72. The molecule has 2 aliphatic heterocycles. The van der Waals surface area contributed by atoms with Crippen LogP contribution in [0.5, 0.6) is 5.75 Å². The van der Waals surface area contributed by atoms with E-state index in [4.69, 9.17) is 9.47 Å². The van der Waals surface area contributed by atoms with Gasteiger partial charge in [0.05, 0.1) is 6.61 Å². The van der Waals surface area contributed by atoms with E-state index in [-0.39, 0.29) is 0 Å². The first-order chi connectivity index (χ1) is 6.95. The average Bonchev–Trinajstić information content (AvgIpc) is 3.08. The molecule has 1 aromatic carbocycles. The Balaban J connectivity index is 0.000000214. The normalized spacial score (nSPS) is 21.9. The Morgan fingerprint density at radius 2 is 1.93 bits per heavy atom. The lowest BCUT2D eigenvalue weighted by molar-refractivity contribution is 0.263. The van der Waals surface area contributed by atoms with Gasteiger partial charge >= 0.3 is 0 Å². The minimum Gasteiger partial charge on any atom is -0.491 e.